The lowest BCUT2D eigenvalue weighted by atomic mass is 10.3. The third-order valence-electron chi connectivity index (χ3n) is 3.25. The molecule has 0 amide bonds. The van der Waals surface area contributed by atoms with E-state index in [0.717, 1.165) is 24.3 Å². The Morgan fingerprint density at radius 3 is 2.85 bits per heavy atom. The number of thiophene rings is 1. The Labute approximate surface area is 129 Å². The molecule has 0 radical (unpaired) electrons. The van der Waals surface area contributed by atoms with E-state index in [1.807, 2.05) is 18.6 Å². The molecule has 4 nitrogen and oxygen atoms in total. The quantitative estimate of drug-likeness (QED) is 0.728. The molecule has 0 saturated heterocycles. The molecule has 114 valence electrons. The first-order valence-corrected chi connectivity index (χ1v) is 10.6. The summed E-state index contributed by atoms with van der Waals surface area (Å²) >= 11 is 2.96. The predicted octanol–water partition coefficient (Wildman–Crippen LogP) is 2.42. The minimum absolute atomic E-state index is 0.00476. The van der Waals surface area contributed by atoms with Crippen LogP contribution in [0.2, 0.25) is 0 Å². The van der Waals surface area contributed by atoms with Crippen LogP contribution in [-0.4, -0.2) is 32.5 Å². The molecular formula is C13H22N2O2S3. The predicted molar refractivity (Wildman–Crippen MR) is 87.0 cm³/mol. The molecule has 1 heterocycles. The third-order valence-corrected chi connectivity index (χ3v) is 6.99. The van der Waals surface area contributed by atoms with Gasteiger partial charge >= 0.3 is 0 Å². The van der Waals surface area contributed by atoms with Crippen molar-refractivity contribution in [2.24, 2.45) is 0 Å². The van der Waals surface area contributed by atoms with Crippen molar-refractivity contribution in [2.45, 2.75) is 49.0 Å². The fourth-order valence-corrected chi connectivity index (χ4v) is 5.22. The molecule has 1 aromatic rings. The van der Waals surface area contributed by atoms with Crippen molar-refractivity contribution in [2.75, 3.05) is 12.0 Å². The van der Waals surface area contributed by atoms with E-state index in [1.54, 1.807) is 17.8 Å². The number of nitrogens with one attached hydrogen (secondary N) is 2. The Morgan fingerprint density at radius 2 is 2.25 bits per heavy atom. The molecule has 2 rings (SSSR count). The van der Waals surface area contributed by atoms with Gasteiger partial charge in [-0.25, -0.2) is 13.1 Å². The molecule has 0 aromatic carbocycles. The second-order valence-electron chi connectivity index (χ2n) is 5.11. The average Bonchev–Trinajstić information content (AvgIpc) is 3.11. The third kappa shape index (κ3) is 4.73. The van der Waals surface area contributed by atoms with Crippen LogP contribution in [0.3, 0.4) is 0 Å². The van der Waals surface area contributed by atoms with Crippen molar-refractivity contribution in [3.05, 3.63) is 17.0 Å². The summed E-state index contributed by atoms with van der Waals surface area (Å²) in [6, 6.07) is 2.43. The van der Waals surface area contributed by atoms with Gasteiger partial charge in [-0.3, -0.25) is 0 Å². The molecule has 1 atom stereocenters. The summed E-state index contributed by atoms with van der Waals surface area (Å²) in [6.07, 6.45) is 5.28. The van der Waals surface area contributed by atoms with Crippen LogP contribution in [0, 0.1) is 0 Å². The van der Waals surface area contributed by atoms with Crippen LogP contribution >= 0.6 is 23.1 Å². The van der Waals surface area contributed by atoms with Crippen molar-refractivity contribution < 1.29 is 8.42 Å². The number of sulfonamides is 1. The van der Waals surface area contributed by atoms with Crippen molar-refractivity contribution in [3.63, 3.8) is 0 Å². The summed E-state index contributed by atoms with van der Waals surface area (Å²) < 4.78 is 27.8. The molecule has 1 aromatic heterocycles. The Kier molecular flexibility index (Phi) is 5.92. The molecule has 1 aliphatic carbocycles. The first kappa shape index (κ1) is 16.3. The molecule has 1 saturated carbocycles. The summed E-state index contributed by atoms with van der Waals surface area (Å²) in [5, 5.41) is 5.33. The standard InChI is InChI=1S/C13H22N2O2S3/c1-3-11(9-18-2)15-20(16,17)13-6-10(8-19-13)7-14-12-4-5-12/h6,8,11-12,14-15H,3-5,7,9H2,1-2H3. The SMILES string of the molecule is CCC(CSC)NS(=O)(=O)c1cc(CNC2CC2)cs1. The van der Waals surface area contributed by atoms with Crippen LogP contribution in [0.25, 0.3) is 0 Å². The minimum Gasteiger partial charge on any atom is -0.310 e. The van der Waals surface area contributed by atoms with Gasteiger partial charge in [-0.05, 0) is 42.5 Å². The zero-order valence-electron chi connectivity index (χ0n) is 11.9. The summed E-state index contributed by atoms with van der Waals surface area (Å²) in [5.74, 6) is 0.803. The van der Waals surface area contributed by atoms with Crippen LogP contribution in [0.1, 0.15) is 31.7 Å². The van der Waals surface area contributed by atoms with Gasteiger partial charge in [-0.15, -0.1) is 11.3 Å². The maximum Gasteiger partial charge on any atom is 0.250 e. The molecule has 2 N–H and O–H groups in total. The molecule has 1 fully saturated rings. The summed E-state index contributed by atoms with van der Waals surface area (Å²) in [4.78, 5) is 0. The summed E-state index contributed by atoms with van der Waals surface area (Å²) in [7, 11) is -3.37. The molecule has 0 bridgehead atoms. The van der Waals surface area contributed by atoms with Crippen molar-refractivity contribution in [1.29, 1.82) is 0 Å². The maximum atomic E-state index is 12.3. The number of hydrogen-bond donors (Lipinski definition) is 2. The summed E-state index contributed by atoms with van der Waals surface area (Å²) in [5.41, 5.74) is 1.06. The van der Waals surface area contributed by atoms with Gasteiger partial charge < -0.3 is 5.32 Å². The van der Waals surface area contributed by atoms with Gasteiger partial charge in [0.1, 0.15) is 4.21 Å². The zero-order chi connectivity index (χ0) is 14.6. The second kappa shape index (κ2) is 7.26. The van der Waals surface area contributed by atoms with E-state index in [2.05, 4.69) is 10.0 Å². The van der Waals surface area contributed by atoms with E-state index in [0.29, 0.717) is 10.3 Å². The van der Waals surface area contributed by atoms with Gasteiger partial charge in [0.25, 0.3) is 0 Å². The Morgan fingerprint density at radius 1 is 1.50 bits per heavy atom. The summed E-state index contributed by atoms with van der Waals surface area (Å²) in [6.45, 7) is 2.77. The first-order valence-electron chi connectivity index (χ1n) is 6.87. The lowest BCUT2D eigenvalue weighted by Crippen LogP contribution is -2.35. The van der Waals surface area contributed by atoms with Crippen molar-refractivity contribution in [3.8, 4) is 0 Å². The second-order valence-corrected chi connectivity index (χ2v) is 8.87. The Bertz CT molecular complexity index is 523. The van der Waals surface area contributed by atoms with Gasteiger partial charge in [-0.2, -0.15) is 11.8 Å². The van der Waals surface area contributed by atoms with E-state index in [9.17, 15) is 8.42 Å². The number of rotatable bonds is 9. The number of thioether (sulfide) groups is 1. The fourth-order valence-electron chi connectivity index (χ4n) is 1.85. The highest BCUT2D eigenvalue weighted by Crippen LogP contribution is 2.23. The van der Waals surface area contributed by atoms with Gasteiger partial charge in [0.2, 0.25) is 10.0 Å². The highest BCUT2D eigenvalue weighted by atomic mass is 32.2. The average molecular weight is 335 g/mol. The largest absolute Gasteiger partial charge is 0.310 e. The fraction of sp³-hybridized carbons (Fsp3) is 0.692. The molecule has 20 heavy (non-hydrogen) atoms. The lowest BCUT2D eigenvalue weighted by molar-refractivity contribution is 0.560. The van der Waals surface area contributed by atoms with Gasteiger partial charge in [0, 0.05) is 24.4 Å². The normalized spacial score (nSPS) is 17.3. The highest BCUT2D eigenvalue weighted by molar-refractivity contribution is 7.98. The smallest absolute Gasteiger partial charge is 0.250 e. The minimum atomic E-state index is -3.37. The Hall–Kier alpha value is -0.0800. The molecule has 7 heteroatoms. The Balaban J connectivity index is 1.96. The van der Waals surface area contributed by atoms with Crippen molar-refractivity contribution >= 4 is 33.1 Å². The van der Waals surface area contributed by atoms with Crippen LogP contribution in [0.4, 0.5) is 0 Å². The first-order chi connectivity index (χ1) is 9.55. The topological polar surface area (TPSA) is 58.2 Å². The molecule has 0 aliphatic heterocycles. The van der Waals surface area contributed by atoms with Crippen LogP contribution in [0.15, 0.2) is 15.7 Å². The molecule has 1 unspecified atom stereocenters. The van der Waals surface area contributed by atoms with E-state index in [1.165, 1.54) is 24.2 Å². The van der Waals surface area contributed by atoms with E-state index in [-0.39, 0.29) is 6.04 Å². The van der Waals surface area contributed by atoms with Crippen LogP contribution < -0.4 is 10.0 Å². The molecule has 0 spiro atoms. The van der Waals surface area contributed by atoms with Gasteiger partial charge in [0.15, 0.2) is 0 Å². The van der Waals surface area contributed by atoms with Crippen molar-refractivity contribution in [1.82, 2.24) is 10.0 Å². The van der Waals surface area contributed by atoms with E-state index < -0.39 is 10.0 Å². The van der Waals surface area contributed by atoms with E-state index >= 15 is 0 Å². The van der Waals surface area contributed by atoms with Gasteiger partial charge in [-0.1, -0.05) is 6.92 Å². The molecular weight excluding hydrogens is 312 g/mol. The maximum absolute atomic E-state index is 12.3. The monoisotopic (exact) mass is 334 g/mol. The van der Waals surface area contributed by atoms with Crippen LogP contribution in [-0.2, 0) is 16.6 Å². The lowest BCUT2D eigenvalue weighted by Gasteiger charge is -2.14. The number of hydrogen-bond acceptors (Lipinski definition) is 5. The van der Waals surface area contributed by atoms with E-state index in [4.69, 9.17) is 0 Å². The van der Waals surface area contributed by atoms with Crippen LogP contribution in [0.5, 0.6) is 0 Å². The molecule has 1 aliphatic rings. The zero-order valence-corrected chi connectivity index (χ0v) is 14.3. The highest BCUT2D eigenvalue weighted by Gasteiger charge is 2.22. The van der Waals surface area contributed by atoms with Gasteiger partial charge in [0.05, 0.1) is 0 Å².